The molecule has 2 aromatic carbocycles. The molecule has 68 valence electrons. The summed E-state index contributed by atoms with van der Waals surface area (Å²) in [6.07, 6.45) is 0. The Balaban J connectivity index is 2.66. The molecule has 0 radical (unpaired) electrons. The topological polar surface area (TPSA) is 15.8 Å². The average Bonchev–Trinajstić information content (AvgIpc) is 2.64. The predicted molar refractivity (Wildman–Crippen MR) is 63.5 cm³/mol. The first-order valence-corrected chi connectivity index (χ1v) is 5.22. The Bertz CT molecular complexity index is 657. The van der Waals surface area contributed by atoms with E-state index >= 15 is 0 Å². The third kappa shape index (κ3) is 1.01. The number of nitrogens with one attached hydrogen (secondary N) is 1. The zero-order valence-electron chi connectivity index (χ0n) is 8.34. The van der Waals surface area contributed by atoms with E-state index in [1.807, 2.05) is 24.3 Å². The van der Waals surface area contributed by atoms with E-state index in [-0.39, 0.29) is 0 Å². The van der Waals surface area contributed by atoms with Crippen LogP contribution in [0.5, 0.6) is 0 Å². The Labute approximate surface area is 91.3 Å². The second-order valence-electron chi connectivity index (χ2n) is 3.25. The summed E-state index contributed by atoms with van der Waals surface area (Å²) >= 11 is 3.53. The molecule has 2 heteroatoms. The van der Waals surface area contributed by atoms with Gasteiger partial charge in [0.2, 0.25) is 0 Å². The quantitative estimate of drug-likeness (QED) is 0.616. The summed E-state index contributed by atoms with van der Waals surface area (Å²) in [6, 6.07) is 12.4. The number of fused-ring (bicyclic) bond motifs is 3. The van der Waals surface area contributed by atoms with Gasteiger partial charge in [0.1, 0.15) is 0 Å². The first-order chi connectivity index (χ1) is 7.27. The Morgan fingerprint density at radius 2 is 1.93 bits per heavy atom. The average molecular weight is 247 g/mol. The van der Waals surface area contributed by atoms with E-state index < -0.39 is 0 Å². The lowest BCUT2D eigenvalue weighted by atomic mass is 10.2. The molecule has 0 saturated carbocycles. The molecule has 0 saturated heterocycles. The van der Waals surface area contributed by atoms with Crippen LogP contribution < -0.4 is 0 Å². The molecule has 1 nitrogen and oxygen atoms in total. The van der Waals surface area contributed by atoms with Gasteiger partial charge in [0.05, 0.1) is 1.37 Å². The molecular formula is C12H8BrN. The lowest BCUT2D eigenvalue weighted by Crippen LogP contribution is -1.68. The molecule has 0 aliphatic heterocycles. The molecule has 0 aliphatic rings. The van der Waals surface area contributed by atoms with Crippen LogP contribution in [0.2, 0.25) is 0 Å². The fourth-order valence-electron chi connectivity index (χ4n) is 1.78. The second kappa shape index (κ2) is 2.85. The molecule has 0 spiro atoms. The molecule has 3 rings (SSSR count). The standard InChI is InChI=1S/C12H8BrN/c13-9-5-3-7-11-12(9)8-4-1-2-6-10(8)14-11/h1-7,14H/i7D. The van der Waals surface area contributed by atoms with Gasteiger partial charge in [0.25, 0.3) is 0 Å². The molecule has 0 amide bonds. The Hall–Kier alpha value is -1.28. The van der Waals surface area contributed by atoms with Crippen molar-refractivity contribution in [3.05, 3.63) is 46.9 Å². The molecule has 0 aliphatic carbocycles. The number of aromatic nitrogens is 1. The van der Waals surface area contributed by atoms with Gasteiger partial charge in [-0.15, -0.1) is 0 Å². The maximum absolute atomic E-state index is 7.84. The maximum Gasteiger partial charge on any atom is 0.0645 e. The minimum absolute atomic E-state index is 0.532. The van der Waals surface area contributed by atoms with Crippen molar-refractivity contribution in [1.82, 2.24) is 4.98 Å². The van der Waals surface area contributed by atoms with Crippen molar-refractivity contribution in [1.29, 1.82) is 0 Å². The Morgan fingerprint density at radius 1 is 1.07 bits per heavy atom. The number of para-hydroxylation sites is 1. The number of hydrogen-bond acceptors (Lipinski definition) is 0. The lowest BCUT2D eigenvalue weighted by Gasteiger charge is -1.93. The highest BCUT2D eigenvalue weighted by Gasteiger charge is 2.05. The highest BCUT2D eigenvalue weighted by Crippen LogP contribution is 2.30. The molecule has 1 N–H and O–H groups in total. The zero-order chi connectivity index (χ0) is 10.4. The highest BCUT2D eigenvalue weighted by molar-refractivity contribution is 9.10. The Kier molecular flexibility index (Phi) is 1.44. The number of halogens is 1. The van der Waals surface area contributed by atoms with Crippen LogP contribution in [0.25, 0.3) is 21.8 Å². The smallest absolute Gasteiger partial charge is 0.0645 e. The van der Waals surface area contributed by atoms with Gasteiger partial charge in [-0.1, -0.05) is 40.2 Å². The van der Waals surface area contributed by atoms with Gasteiger partial charge < -0.3 is 4.98 Å². The summed E-state index contributed by atoms with van der Waals surface area (Å²) in [5.74, 6) is 0. The molecule has 0 unspecified atom stereocenters. The summed E-state index contributed by atoms with van der Waals surface area (Å²) in [5, 5.41) is 2.26. The molecular weight excluding hydrogens is 238 g/mol. The van der Waals surface area contributed by atoms with Crippen molar-refractivity contribution in [3.63, 3.8) is 0 Å². The normalized spacial score (nSPS) is 12.2. The highest BCUT2D eigenvalue weighted by atomic mass is 79.9. The number of H-pyrrole nitrogens is 1. The van der Waals surface area contributed by atoms with Crippen LogP contribution in [0.1, 0.15) is 1.37 Å². The number of aromatic amines is 1. The minimum atomic E-state index is 0.532. The van der Waals surface area contributed by atoms with Crippen molar-refractivity contribution >= 4 is 37.7 Å². The second-order valence-corrected chi connectivity index (χ2v) is 4.10. The minimum Gasteiger partial charge on any atom is -0.354 e. The van der Waals surface area contributed by atoms with E-state index in [2.05, 4.69) is 27.0 Å². The summed E-state index contributed by atoms with van der Waals surface area (Å²) in [4.78, 5) is 3.27. The summed E-state index contributed by atoms with van der Waals surface area (Å²) in [7, 11) is 0. The summed E-state index contributed by atoms with van der Waals surface area (Å²) in [5.41, 5.74) is 1.97. The lowest BCUT2D eigenvalue weighted by molar-refractivity contribution is 1.54. The molecule has 14 heavy (non-hydrogen) atoms. The largest absolute Gasteiger partial charge is 0.354 e. The van der Waals surface area contributed by atoms with E-state index in [4.69, 9.17) is 1.37 Å². The van der Waals surface area contributed by atoms with E-state index in [1.54, 1.807) is 6.07 Å². The van der Waals surface area contributed by atoms with Crippen molar-refractivity contribution in [3.8, 4) is 0 Å². The Morgan fingerprint density at radius 3 is 2.86 bits per heavy atom. The van der Waals surface area contributed by atoms with Crippen molar-refractivity contribution in [2.75, 3.05) is 0 Å². The van der Waals surface area contributed by atoms with Crippen molar-refractivity contribution in [2.45, 2.75) is 0 Å². The summed E-state index contributed by atoms with van der Waals surface area (Å²) in [6.45, 7) is 0. The molecule has 1 aromatic heterocycles. The van der Waals surface area contributed by atoms with Crippen LogP contribution in [0.15, 0.2) is 46.9 Å². The van der Waals surface area contributed by atoms with Crippen LogP contribution in [-0.2, 0) is 0 Å². The predicted octanol–water partition coefficient (Wildman–Crippen LogP) is 4.08. The zero-order valence-corrected chi connectivity index (χ0v) is 8.93. The SMILES string of the molecule is [2H]c1ccc(Br)c2c1[nH]c1ccccc12. The number of rotatable bonds is 0. The fraction of sp³-hybridized carbons (Fsp3) is 0. The number of hydrogen-bond donors (Lipinski definition) is 1. The molecule has 1 heterocycles. The van der Waals surface area contributed by atoms with E-state index in [0.29, 0.717) is 6.04 Å². The molecule has 3 aromatic rings. The first kappa shape index (κ1) is 7.07. The van der Waals surface area contributed by atoms with Gasteiger partial charge in [-0.3, -0.25) is 0 Å². The molecule has 0 fully saturated rings. The van der Waals surface area contributed by atoms with Gasteiger partial charge in [-0.2, -0.15) is 0 Å². The van der Waals surface area contributed by atoms with Gasteiger partial charge in [-0.25, -0.2) is 0 Å². The van der Waals surface area contributed by atoms with Gasteiger partial charge in [-0.05, 0) is 18.2 Å². The molecule has 0 bridgehead atoms. The van der Waals surface area contributed by atoms with Crippen molar-refractivity contribution in [2.24, 2.45) is 0 Å². The third-order valence-electron chi connectivity index (χ3n) is 2.40. The molecule has 0 atom stereocenters. The van der Waals surface area contributed by atoms with Gasteiger partial charge in [0.15, 0.2) is 0 Å². The van der Waals surface area contributed by atoms with Gasteiger partial charge >= 0.3 is 0 Å². The fourth-order valence-corrected chi connectivity index (χ4v) is 2.32. The summed E-state index contributed by atoms with van der Waals surface area (Å²) < 4.78 is 8.87. The van der Waals surface area contributed by atoms with Crippen molar-refractivity contribution < 1.29 is 1.37 Å². The van der Waals surface area contributed by atoms with E-state index in [0.717, 1.165) is 26.3 Å². The van der Waals surface area contributed by atoms with E-state index in [1.165, 1.54) is 0 Å². The van der Waals surface area contributed by atoms with Crippen LogP contribution in [0, 0.1) is 0 Å². The monoisotopic (exact) mass is 246 g/mol. The third-order valence-corrected chi connectivity index (χ3v) is 3.06. The van der Waals surface area contributed by atoms with E-state index in [9.17, 15) is 0 Å². The van der Waals surface area contributed by atoms with Crippen LogP contribution in [-0.4, -0.2) is 4.98 Å². The first-order valence-electron chi connectivity index (χ1n) is 4.93. The van der Waals surface area contributed by atoms with Crippen LogP contribution >= 0.6 is 15.9 Å². The van der Waals surface area contributed by atoms with Crippen LogP contribution in [0.4, 0.5) is 0 Å². The van der Waals surface area contributed by atoms with Crippen LogP contribution in [0.3, 0.4) is 0 Å². The van der Waals surface area contributed by atoms with Gasteiger partial charge in [0, 0.05) is 26.3 Å². The number of benzene rings is 2. The maximum atomic E-state index is 7.84.